The summed E-state index contributed by atoms with van der Waals surface area (Å²) >= 11 is 0. The molecule has 0 aliphatic rings. The van der Waals surface area contributed by atoms with Gasteiger partial charge in [0.05, 0.1) is 13.7 Å². The van der Waals surface area contributed by atoms with Crippen molar-refractivity contribution in [3.8, 4) is 11.5 Å². The van der Waals surface area contributed by atoms with Crippen LogP contribution in [0, 0.1) is 12.7 Å². The van der Waals surface area contributed by atoms with Crippen molar-refractivity contribution in [2.45, 2.75) is 25.8 Å². The van der Waals surface area contributed by atoms with Crippen LogP contribution in [0.15, 0.2) is 42.5 Å². The number of benzene rings is 2. The van der Waals surface area contributed by atoms with Crippen LogP contribution in [-0.2, 0) is 9.59 Å². The van der Waals surface area contributed by atoms with E-state index in [0.29, 0.717) is 18.8 Å². The number of amides is 1. The molecule has 0 bridgehead atoms. The van der Waals surface area contributed by atoms with Crippen LogP contribution < -0.4 is 14.8 Å². The van der Waals surface area contributed by atoms with Gasteiger partial charge < -0.3 is 19.9 Å². The first-order valence-corrected chi connectivity index (χ1v) is 8.45. The number of aliphatic carboxylic acids is 1. The fraction of sp³-hybridized carbons (Fsp3) is 0.300. The molecule has 27 heavy (non-hydrogen) atoms. The lowest BCUT2D eigenvalue weighted by Gasteiger charge is -2.16. The number of carboxylic acids is 1. The Hall–Kier alpha value is -3.09. The summed E-state index contributed by atoms with van der Waals surface area (Å²) in [6.07, 6.45) is 0.511. The maximum absolute atomic E-state index is 13.8. The number of ether oxygens (including phenoxy) is 2. The molecule has 0 heterocycles. The van der Waals surface area contributed by atoms with E-state index in [1.54, 1.807) is 0 Å². The molecule has 2 N–H and O–H groups in total. The maximum atomic E-state index is 13.8. The molecule has 1 amide bonds. The summed E-state index contributed by atoms with van der Waals surface area (Å²) in [4.78, 5) is 23.5. The molecule has 0 saturated heterocycles. The minimum Gasteiger partial charge on any atom is -0.494 e. The van der Waals surface area contributed by atoms with Gasteiger partial charge in [-0.3, -0.25) is 4.79 Å². The second-order valence-corrected chi connectivity index (χ2v) is 6.00. The maximum Gasteiger partial charge on any atom is 0.330 e. The number of methoxy groups -OCH3 is 1. The largest absolute Gasteiger partial charge is 0.494 e. The van der Waals surface area contributed by atoms with Gasteiger partial charge in [-0.25, -0.2) is 9.18 Å². The highest BCUT2D eigenvalue weighted by Gasteiger charge is 2.23. The van der Waals surface area contributed by atoms with Crippen molar-refractivity contribution in [3.05, 3.63) is 59.4 Å². The molecule has 2 rings (SSSR count). The quantitative estimate of drug-likeness (QED) is 0.657. The molecule has 0 aliphatic carbocycles. The smallest absolute Gasteiger partial charge is 0.330 e. The van der Waals surface area contributed by atoms with Crippen molar-refractivity contribution in [2.75, 3.05) is 13.7 Å². The van der Waals surface area contributed by atoms with Gasteiger partial charge in [0.1, 0.15) is 5.75 Å². The van der Waals surface area contributed by atoms with Gasteiger partial charge in [-0.1, -0.05) is 18.2 Å². The fourth-order valence-corrected chi connectivity index (χ4v) is 2.51. The Balaban J connectivity index is 1.87. The number of aryl methyl sites for hydroxylation is 1. The summed E-state index contributed by atoms with van der Waals surface area (Å²) in [5, 5.41) is 11.7. The van der Waals surface area contributed by atoms with Crippen LogP contribution in [0.1, 0.15) is 30.0 Å². The third-order valence-corrected chi connectivity index (χ3v) is 3.87. The predicted molar refractivity (Wildman–Crippen MR) is 97.4 cm³/mol. The highest BCUT2D eigenvalue weighted by molar-refractivity contribution is 5.84. The Morgan fingerprint density at radius 3 is 2.63 bits per heavy atom. The molecule has 2 aromatic carbocycles. The van der Waals surface area contributed by atoms with E-state index in [9.17, 15) is 19.1 Å². The summed E-state index contributed by atoms with van der Waals surface area (Å²) in [6, 6.07) is 9.97. The van der Waals surface area contributed by atoms with E-state index in [-0.39, 0.29) is 17.7 Å². The van der Waals surface area contributed by atoms with Gasteiger partial charge in [-0.05, 0) is 48.7 Å². The molecule has 2 aromatic rings. The minimum atomic E-state index is -1.34. The van der Waals surface area contributed by atoms with Crippen LogP contribution in [0.3, 0.4) is 0 Å². The molecular formula is C20H22FNO5. The Morgan fingerprint density at radius 2 is 2.00 bits per heavy atom. The first-order chi connectivity index (χ1) is 12.9. The van der Waals surface area contributed by atoms with E-state index in [1.807, 2.05) is 31.2 Å². The first-order valence-electron chi connectivity index (χ1n) is 8.45. The number of halogens is 1. The zero-order chi connectivity index (χ0) is 19.8. The molecule has 1 atom stereocenters. The molecule has 0 aliphatic heterocycles. The zero-order valence-electron chi connectivity index (χ0n) is 15.2. The number of nitrogens with one attached hydrogen (secondary N) is 1. The van der Waals surface area contributed by atoms with E-state index in [4.69, 9.17) is 9.47 Å². The highest BCUT2D eigenvalue weighted by Crippen LogP contribution is 2.22. The standard InChI is InChI=1S/C20H22FNO5/c1-13-5-3-6-15(11-13)27-10-4-7-18(23)22-19(20(24)25)14-8-9-17(26-2)16(21)12-14/h3,5-6,8-9,11-12,19H,4,7,10H2,1-2H3,(H,22,23)(H,24,25). The van der Waals surface area contributed by atoms with E-state index in [2.05, 4.69) is 5.32 Å². The van der Waals surface area contributed by atoms with Crippen molar-refractivity contribution in [1.82, 2.24) is 5.32 Å². The number of rotatable bonds is 9. The second-order valence-electron chi connectivity index (χ2n) is 6.00. The SMILES string of the molecule is COc1ccc(C(NC(=O)CCCOc2cccc(C)c2)C(=O)O)cc1F. The summed E-state index contributed by atoms with van der Waals surface area (Å²) in [6.45, 7) is 2.28. The number of hydrogen-bond acceptors (Lipinski definition) is 4. The molecule has 1 unspecified atom stereocenters. The average molecular weight is 375 g/mol. The van der Waals surface area contributed by atoms with E-state index in [1.165, 1.54) is 19.2 Å². The first kappa shape index (κ1) is 20.2. The van der Waals surface area contributed by atoms with Gasteiger partial charge in [0.25, 0.3) is 0 Å². The lowest BCUT2D eigenvalue weighted by atomic mass is 10.1. The molecule has 0 saturated carbocycles. The van der Waals surface area contributed by atoms with Gasteiger partial charge in [0.15, 0.2) is 17.6 Å². The van der Waals surface area contributed by atoms with Gasteiger partial charge >= 0.3 is 5.97 Å². The van der Waals surface area contributed by atoms with Gasteiger partial charge in [-0.15, -0.1) is 0 Å². The van der Waals surface area contributed by atoms with E-state index in [0.717, 1.165) is 11.6 Å². The topological polar surface area (TPSA) is 84.9 Å². The normalized spacial score (nSPS) is 11.5. The Morgan fingerprint density at radius 1 is 1.22 bits per heavy atom. The number of carbonyl (C=O) groups excluding carboxylic acids is 1. The second kappa shape index (κ2) is 9.56. The van der Waals surface area contributed by atoms with Crippen LogP contribution in [0.25, 0.3) is 0 Å². The Bertz CT molecular complexity index is 809. The number of carboxylic acid groups (broad SMARTS) is 1. The summed E-state index contributed by atoms with van der Waals surface area (Å²) in [7, 11) is 1.31. The Kier molecular flexibility index (Phi) is 7.16. The van der Waals surface area contributed by atoms with Crippen LogP contribution in [0.4, 0.5) is 4.39 Å². The molecular weight excluding hydrogens is 353 g/mol. The summed E-state index contributed by atoms with van der Waals surface area (Å²) < 4.78 is 24.2. The zero-order valence-corrected chi connectivity index (χ0v) is 15.2. The lowest BCUT2D eigenvalue weighted by molar-refractivity contribution is -0.142. The average Bonchev–Trinajstić information content (AvgIpc) is 2.63. The van der Waals surface area contributed by atoms with Crippen molar-refractivity contribution in [3.63, 3.8) is 0 Å². The minimum absolute atomic E-state index is 0.00233. The highest BCUT2D eigenvalue weighted by atomic mass is 19.1. The van der Waals surface area contributed by atoms with Crippen LogP contribution in [0.5, 0.6) is 11.5 Å². The molecule has 0 aromatic heterocycles. The monoisotopic (exact) mass is 375 g/mol. The number of hydrogen-bond donors (Lipinski definition) is 2. The third-order valence-electron chi connectivity index (χ3n) is 3.87. The molecule has 144 valence electrons. The van der Waals surface area contributed by atoms with Crippen molar-refractivity contribution in [1.29, 1.82) is 0 Å². The molecule has 7 heteroatoms. The lowest BCUT2D eigenvalue weighted by Crippen LogP contribution is -2.33. The van der Waals surface area contributed by atoms with Crippen molar-refractivity contribution >= 4 is 11.9 Å². The molecule has 0 spiro atoms. The van der Waals surface area contributed by atoms with Crippen LogP contribution >= 0.6 is 0 Å². The molecule has 0 fully saturated rings. The van der Waals surface area contributed by atoms with E-state index < -0.39 is 23.7 Å². The number of carbonyl (C=O) groups is 2. The fourth-order valence-electron chi connectivity index (χ4n) is 2.51. The third kappa shape index (κ3) is 5.99. The van der Waals surface area contributed by atoms with Crippen LogP contribution in [-0.4, -0.2) is 30.7 Å². The van der Waals surface area contributed by atoms with Crippen LogP contribution in [0.2, 0.25) is 0 Å². The summed E-state index contributed by atoms with van der Waals surface area (Å²) in [5.74, 6) is -1.70. The van der Waals surface area contributed by atoms with Crippen molar-refractivity contribution < 1.29 is 28.6 Å². The van der Waals surface area contributed by atoms with Gasteiger partial charge in [0, 0.05) is 6.42 Å². The van der Waals surface area contributed by atoms with Crippen molar-refractivity contribution in [2.24, 2.45) is 0 Å². The molecule has 6 nitrogen and oxygen atoms in total. The Labute approximate surface area is 156 Å². The summed E-state index contributed by atoms with van der Waals surface area (Å²) in [5.41, 5.74) is 1.20. The van der Waals surface area contributed by atoms with Gasteiger partial charge in [-0.2, -0.15) is 0 Å². The predicted octanol–water partition coefficient (Wildman–Crippen LogP) is 3.24. The van der Waals surface area contributed by atoms with Gasteiger partial charge in [0.2, 0.25) is 5.91 Å². The van der Waals surface area contributed by atoms with E-state index >= 15 is 0 Å². The molecule has 0 radical (unpaired) electrons.